The lowest BCUT2D eigenvalue weighted by atomic mass is 10.1. The van der Waals surface area contributed by atoms with Gasteiger partial charge in [0.15, 0.2) is 0 Å². The zero-order chi connectivity index (χ0) is 13.9. The van der Waals surface area contributed by atoms with Gasteiger partial charge in [-0.3, -0.25) is 9.88 Å². The van der Waals surface area contributed by atoms with Gasteiger partial charge < -0.3 is 9.15 Å². The van der Waals surface area contributed by atoms with Gasteiger partial charge in [-0.05, 0) is 37.6 Å². The van der Waals surface area contributed by atoms with Crippen molar-refractivity contribution < 1.29 is 9.15 Å². The van der Waals surface area contributed by atoms with Gasteiger partial charge in [-0.1, -0.05) is 6.07 Å². The molecule has 0 aliphatic carbocycles. The number of hydrogen-bond acceptors (Lipinski definition) is 4. The highest BCUT2D eigenvalue weighted by molar-refractivity contribution is 5.15. The van der Waals surface area contributed by atoms with Crippen LogP contribution in [-0.2, 0) is 11.3 Å². The number of ether oxygens (including phenoxy) is 1. The third-order valence-electron chi connectivity index (χ3n) is 3.59. The molecule has 3 heterocycles. The van der Waals surface area contributed by atoms with Crippen LogP contribution in [0.2, 0.25) is 0 Å². The van der Waals surface area contributed by atoms with Crippen molar-refractivity contribution in [3.8, 4) is 0 Å². The van der Waals surface area contributed by atoms with Crippen LogP contribution in [-0.4, -0.2) is 29.6 Å². The molecule has 1 atom stereocenters. The van der Waals surface area contributed by atoms with Gasteiger partial charge in [0, 0.05) is 19.3 Å². The number of rotatable bonds is 3. The first-order chi connectivity index (χ1) is 9.70. The van der Waals surface area contributed by atoms with Crippen molar-refractivity contribution in [1.82, 2.24) is 9.88 Å². The summed E-state index contributed by atoms with van der Waals surface area (Å²) in [4.78, 5) is 6.83. The highest BCUT2D eigenvalue weighted by Crippen LogP contribution is 2.22. The average molecular weight is 272 g/mol. The van der Waals surface area contributed by atoms with Gasteiger partial charge in [0.1, 0.15) is 17.6 Å². The molecule has 3 rings (SSSR count). The number of hydrogen-bond donors (Lipinski definition) is 0. The number of pyridine rings is 1. The van der Waals surface area contributed by atoms with Gasteiger partial charge in [0.25, 0.3) is 0 Å². The third kappa shape index (κ3) is 3.08. The molecule has 1 aliphatic rings. The van der Waals surface area contributed by atoms with Gasteiger partial charge in [-0.15, -0.1) is 0 Å². The van der Waals surface area contributed by atoms with E-state index in [2.05, 4.69) is 22.0 Å². The van der Waals surface area contributed by atoms with Crippen molar-refractivity contribution in [2.45, 2.75) is 26.5 Å². The van der Waals surface area contributed by atoms with E-state index >= 15 is 0 Å². The number of furan rings is 1. The number of aryl methyl sites for hydroxylation is 2. The second-order valence-electron chi connectivity index (χ2n) is 5.37. The molecule has 0 radical (unpaired) electrons. The Morgan fingerprint density at radius 1 is 1.25 bits per heavy atom. The van der Waals surface area contributed by atoms with Crippen LogP contribution in [0.15, 0.2) is 34.9 Å². The first-order valence-corrected chi connectivity index (χ1v) is 7.02. The Kier molecular flexibility index (Phi) is 3.85. The van der Waals surface area contributed by atoms with E-state index in [1.165, 1.54) is 5.56 Å². The van der Waals surface area contributed by atoms with Crippen LogP contribution in [0.1, 0.15) is 28.9 Å². The molecule has 4 nitrogen and oxygen atoms in total. The van der Waals surface area contributed by atoms with Crippen LogP contribution >= 0.6 is 0 Å². The van der Waals surface area contributed by atoms with E-state index < -0.39 is 0 Å². The first-order valence-electron chi connectivity index (χ1n) is 7.02. The van der Waals surface area contributed by atoms with Crippen molar-refractivity contribution in [3.05, 3.63) is 53.2 Å². The monoisotopic (exact) mass is 272 g/mol. The quantitative estimate of drug-likeness (QED) is 0.861. The summed E-state index contributed by atoms with van der Waals surface area (Å²) in [5.41, 5.74) is 2.18. The molecule has 0 bridgehead atoms. The molecule has 1 saturated heterocycles. The maximum Gasteiger partial charge on any atom is 0.118 e. The second-order valence-corrected chi connectivity index (χ2v) is 5.37. The third-order valence-corrected chi connectivity index (χ3v) is 3.59. The van der Waals surface area contributed by atoms with Gasteiger partial charge in [-0.2, -0.15) is 0 Å². The SMILES string of the molecule is Cc1ccc([C@H]2CN(Cc3ccc(C)o3)CCO2)nc1. The van der Waals surface area contributed by atoms with E-state index in [0.29, 0.717) is 0 Å². The molecular weight excluding hydrogens is 252 g/mol. The van der Waals surface area contributed by atoms with Crippen LogP contribution in [0, 0.1) is 13.8 Å². The molecule has 0 amide bonds. The molecule has 0 saturated carbocycles. The summed E-state index contributed by atoms with van der Waals surface area (Å²) >= 11 is 0. The van der Waals surface area contributed by atoms with Crippen molar-refractivity contribution in [2.75, 3.05) is 19.7 Å². The molecule has 2 aromatic rings. The Balaban J connectivity index is 1.65. The minimum Gasteiger partial charge on any atom is -0.465 e. The zero-order valence-electron chi connectivity index (χ0n) is 12.0. The highest BCUT2D eigenvalue weighted by atomic mass is 16.5. The summed E-state index contributed by atoms with van der Waals surface area (Å²) in [5.74, 6) is 1.98. The summed E-state index contributed by atoms with van der Waals surface area (Å²) < 4.78 is 11.5. The maximum atomic E-state index is 5.84. The Hall–Kier alpha value is -1.65. The van der Waals surface area contributed by atoms with Crippen LogP contribution in [0.5, 0.6) is 0 Å². The van der Waals surface area contributed by atoms with E-state index in [9.17, 15) is 0 Å². The van der Waals surface area contributed by atoms with Crippen LogP contribution in [0.25, 0.3) is 0 Å². The Labute approximate surface area is 119 Å². The predicted octanol–water partition coefficient (Wildman–Crippen LogP) is 2.86. The minimum atomic E-state index is 0.0559. The lowest BCUT2D eigenvalue weighted by Crippen LogP contribution is -2.38. The lowest BCUT2D eigenvalue weighted by Gasteiger charge is -2.32. The molecule has 0 aromatic carbocycles. The molecule has 1 aliphatic heterocycles. The Bertz CT molecular complexity index is 562. The zero-order valence-corrected chi connectivity index (χ0v) is 12.0. The molecule has 0 unspecified atom stereocenters. The molecule has 1 fully saturated rings. The van der Waals surface area contributed by atoms with Crippen molar-refractivity contribution >= 4 is 0 Å². The fourth-order valence-corrected chi connectivity index (χ4v) is 2.49. The Morgan fingerprint density at radius 3 is 2.85 bits per heavy atom. The fraction of sp³-hybridized carbons (Fsp3) is 0.438. The molecular formula is C16H20N2O2. The summed E-state index contributed by atoms with van der Waals surface area (Å²) in [6.45, 7) is 7.38. The molecule has 4 heteroatoms. The average Bonchev–Trinajstić information content (AvgIpc) is 2.85. The van der Waals surface area contributed by atoms with Gasteiger partial charge in [0.05, 0.1) is 18.8 Å². The highest BCUT2D eigenvalue weighted by Gasteiger charge is 2.23. The van der Waals surface area contributed by atoms with Crippen LogP contribution in [0.4, 0.5) is 0 Å². The van der Waals surface area contributed by atoms with E-state index in [1.54, 1.807) is 0 Å². The predicted molar refractivity (Wildman–Crippen MR) is 76.4 cm³/mol. The smallest absolute Gasteiger partial charge is 0.118 e. The van der Waals surface area contributed by atoms with E-state index in [4.69, 9.17) is 9.15 Å². The molecule has 2 aromatic heterocycles. The van der Waals surface area contributed by atoms with Crippen LogP contribution in [0.3, 0.4) is 0 Å². The van der Waals surface area contributed by atoms with Crippen molar-refractivity contribution in [1.29, 1.82) is 0 Å². The van der Waals surface area contributed by atoms with Gasteiger partial charge in [-0.25, -0.2) is 0 Å². The number of aromatic nitrogens is 1. The maximum absolute atomic E-state index is 5.84. The molecule has 20 heavy (non-hydrogen) atoms. The molecule has 106 valence electrons. The normalized spacial score (nSPS) is 20.2. The molecule has 0 N–H and O–H groups in total. The second kappa shape index (κ2) is 5.77. The minimum absolute atomic E-state index is 0.0559. The summed E-state index contributed by atoms with van der Waals surface area (Å²) in [5, 5.41) is 0. The first kappa shape index (κ1) is 13.3. The summed E-state index contributed by atoms with van der Waals surface area (Å²) in [7, 11) is 0. The van der Waals surface area contributed by atoms with Crippen LogP contribution < -0.4 is 0 Å². The topological polar surface area (TPSA) is 38.5 Å². The van der Waals surface area contributed by atoms with Gasteiger partial charge in [0.2, 0.25) is 0 Å². The standard InChI is InChI=1S/C16H20N2O2/c1-12-3-6-15(17-9-12)16-11-18(7-8-19-16)10-14-5-4-13(2)20-14/h3-6,9,16H,7-8,10-11H2,1-2H3/t16-/m1/s1. The van der Waals surface area contributed by atoms with E-state index in [-0.39, 0.29) is 6.10 Å². The summed E-state index contributed by atoms with van der Waals surface area (Å²) in [6.07, 6.45) is 1.95. The van der Waals surface area contributed by atoms with Crippen molar-refractivity contribution in [2.24, 2.45) is 0 Å². The largest absolute Gasteiger partial charge is 0.465 e. The number of morpholine rings is 1. The van der Waals surface area contributed by atoms with Crippen molar-refractivity contribution in [3.63, 3.8) is 0 Å². The lowest BCUT2D eigenvalue weighted by molar-refractivity contribution is -0.0367. The van der Waals surface area contributed by atoms with Gasteiger partial charge >= 0.3 is 0 Å². The fourth-order valence-electron chi connectivity index (χ4n) is 2.49. The van der Waals surface area contributed by atoms with E-state index in [0.717, 1.165) is 43.5 Å². The van der Waals surface area contributed by atoms with E-state index in [1.807, 2.05) is 32.2 Å². The molecule has 0 spiro atoms. The summed E-state index contributed by atoms with van der Waals surface area (Å²) in [6, 6.07) is 8.19. The Morgan fingerprint density at radius 2 is 2.15 bits per heavy atom. The number of nitrogens with zero attached hydrogens (tertiary/aromatic N) is 2.